The molecule has 4 aromatic carbocycles. The van der Waals surface area contributed by atoms with E-state index in [9.17, 15) is 14.9 Å². The maximum atomic E-state index is 13.4. The molecule has 2 bridgehead atoms. The molecule has 6 rings (SSSR count). The van der Waals surface area contributed by atoms with Gasteiger partial charge in [0.1, 0.15) is 6.79 Å². The lowest BCUT2D eigenvalue weighted by Gasteiger charge is -2.36. The van der Waals surface area contributed by atoms with Crippen LogP contribution in [0.5, 0.6) is 0 Å². The van der Waals surface area contributed by atoms with Gasteiger partial charge in [-0.2, -0.15) is 0 Å². The molecule has 0 aromatic heterocycles. The number of anilines is 3. The van der Waals surface area contributed by atoms with Gasteiger partial charge in [-0.05, 0) is 65.1 Å². The number of carbonyl (C=O) groups excluding carboxylic acids is 2. The molecule has 4 aromatic rings. The third-order valence-electron chi connectivity index (χ3n) is 7.49. The molecule has 0 spiro atoms. The van der Waals surface area contributed by atoms with Gasteiger partial charge in [-0.3, -0.25) is 14.9 Å². The number of carbonyl (C=O) groups is 2. The second-order valence-electron chi connectivity index (χ2n) is 10.1. The Morgan fingerprint density at radius 3 is 2.36 bits per heavy atom. The highest BCUT2D eigenvalue weighted by Crippen LogP contribution is 2.53. The van der Waals surface area contributed by atoms with Crippen LogP contribution >= 0.6 is 0 Å². The Bertz CT molecular complexity index is 1770. The Morgan fingerprint density at radius 1 is 0.857 bits per heavy atom. The summed E-state index contributed by atoms with van der Waals surface area (Å²) >= 11 is 0. The van der Waals surface area contributed by atoms with E-state index in [2.05, 4.69) is 35.4 Å². The zero-order chi connectivity index (χ0) is 29.8. The molecule has 0 aliphatic heterocycles. The number of aryl methyl sites for hydroxylation is 1. The summed E-state index contributed by atoms with van der Waals surface area (Å²) in [5.41, 5.74) is 8.89. The van der Waals surface area contributed by atoms with Gasteiger partial charge in [0.05, 0.1) is 4.92 Å². The summed E-state index contributed by atoms with van der Waals surface area (Å²) in [5, 5.41) is 18.1. The summed E-state index contributed by atoms with van der Waals surface area (Å²) in [5.74, 6) is -0.497. The summed E-state index contributed by atoms with van der Waals surface area (Å²) in [6, 6.07) is 26.1. The average molecular weight is 556 g/mol. The normalized spacial score (nSPS) is 17.6. The van der Waals surface area contributed by atoms with Crippen LogP contribution in [0, 0.1) is 17.0 Å². The maximum absolute atomic E-state index is 13.4. The highest BCUT2D eigenvalue weighted by molar-refractivity contribution is 6.05. The number of hydrogen-bond acceptors (Lipinski definition) is 5. The first-order valence-corrected chi connectivity index (χ1v) is 13.4. The first kappa shape index (κ1) is 28.0. The molecule has 208 valence electrons. The number of allylic oxidation sites excluding steroid dienone is 5. The number of nitrogens with one attached hydrogen (secondary N) is 2. The van der Waals surface area contributed by atoms with Crippen LogP contribution in [0.25, 0.3) is 0 Å². The largest absolute Gasteiger partial charge is 0.355 e. The highest BCUT2D eigenvalue weighted by atomic mass is 16.6. The number of nitrogens with zero attached hydrogens (tertiary/aromatic N) is 1. The number of fused-ring (bicyclic) bond motifs is 3. The van der Waals surface area contributed by atoms with Gasteiger partial charge in [-0.25, -0.2) is 0 Å². The van der Waals surface area contributed by atoms with Gasteiger partial charge in [0.15, 0.2) is 0 Å². The minimum Gasteiger partial charge on any atom is -0.355 e. The number of nitro benzene ring substituents is 1. The maximum Gasteiger partial charge on any atom is 0.271 e. The molecular formula is C35H29N3O4. The lowest BCUT2D eigenvalue weighted by Crippen LogP contribution is -2.23. The molecule has 0 fully saturated rings. The monoisotopic (exact) mass is 555 g/mol. The van der Waals surface area contributed by atoms with Crippen LogP contribution in [0.15, 0.2) is 121 Å². The van der Waals surface area contributed by atoms with Crippen LogP contribution in [-0.2, 0) is 4.79 Å². The molecule has 7 nitrogen and oxygen atoms in total. The zero-order valence-electron chi connectivity index (χ0n) is 23.0. The first-order chi connectivity index (χ1) is 20.4. The molecule has 0 saturated heterocycles. The molecule has 2 unspecified atom stereocenters. The lowest BCUT2D eigenvalue weighted by molar-refractivity contribution is -0.384. The standard InChI is InChI=1S/C34H27N3O3.CH2O/c1-21-9-7-11-23(19-21)34(38)36-29-17-18-30(35-24-12-8-13-25(20-24)37(39)40)33-31-22(2)10-3-4-16-28(32(29)33)26-14-5-6-15-27(26)31;1-2/h3-20,28,31,35H,2H2,1H3,(H,36,38);1H2/b10-3-,16-4-;. The van der Waals surface area contributed by atoms with Crippen LogP contribution < -0.4 is 10.6 Å². The smallest absolute Gasteiger partial charge is 0.271 e. The topological polar surface area (TPSA) is 101 Å². The Morgan fingerprint density at radius 2 is 1.60 bits per heavy atom. The van der Waals surface area contributed by atoms with Crippen molar-refractivity contribution in [3.8, 4) is 0 Å². The Labute approximate surface area is 244 Å². The van der Waals surface area contributed by atoms with Crippen LogP contribution in [0.4, 0.5) is 22.7 Å². The highest BCUT2D eigenvalue weighted by Gasteiger charge is 2.36. The Balaban J connectivity index is 0.00000173. The van der Waals surface area contributed by atoms with E-state index in [0.29, 0.717) is 11.3 Å². The zero-order valence-corrected chi connectivity index (χ0v) is 23.0. The van der Waals surface area contributed by atoms with Crippen molar-refractivity contribution in [2.24, 2.45) is 0 Å². The van der Waals surface area contributed by atoms with Crippen molar-refractivity contribution in [3.63, 3.8) is 0 Å². The number of non-ortho nitro benzene ring substituents is 1. The quantitative estimate of drug-likeness (QED) is 0.192. The van der Waals surface area contributed by atoms with Crippen LogP contribution in [0.3, 0.4) is 0 Å². The van der Waals surface area contributed by atoms with Crippen molar-refractivity contribution in [1.29, 1.82) is 0 Å². The molecule has 42 heavy (non-hydrogen) atoms. The number of nitro groups is 1. The van der Waals surface area contributed by atoms with Crippen molar-refractivity contribution in [1.82, 2.24) is 0 Å². The van der Waals surface area contributed by atoms with Crippen molar-refractivity contribution in [3.05, 3.63) is 165 Å². The predicted octanol–water partition coefficient (Wildman–Crippen LogP) is 7.97. The van der Waals surface area contributed by atoms with E-state index in [1.807, 2.05) is 86.5 Å². The molecule has 2 aliphatic rings. The molecule has 0 saturated carbocycles. The molecule has 7 heteroatoms. The molecule has 2 atom stereocenters. The third-order valence-corrected chi connectivity index (χ3v) is 7.49. The SMILES string of the molecule is C=C1/C=C\C=C/C2c3ccccc3C1c1c(Nc3cccc([N+](=O)[O-])c3)ccc(NC(=O)c3cccc(C)c3)c12.C=O. The number of rotatable bonds is 5. The van der Waals surface area contributed by atoms with E-state index >= 15 is 0 Å². The molecular weight excluding hydrogens is 526 g/mol. The van der Waals surface area contributed by atoms with Crippen molar-refractivity contribution >= 4 is 35.4 Å². The summed E-state index contributed by atoms with van der Waals surface area (Å²) < 4.78 is 0. The molecule has 0 heterocycles. The average Bonchev–Trinajstić information content (AvgIpc) is 3.12. The second-order valence-corrected chi connectivity index (χ2v) is 10.1. The van der Waals surface area contributed by atoms with Gasteiger partial charge in [0, 0.05) is 46.6 Å². The van der Waals surface area contributed by atoms with E-state index in [1.165, 1.54) is 12.1 Å². The van der Waals surface area contributed by atoms with Gasteiger partial charge in [0.2, 0.25) is 0 Å². The molecule has 2 N–H and O–H groups in total. The van der Waals surface area contributed by atoms with Crippen LogP contribution in [-0.4, -0.2) is 17.6 Å². The van der Waals surface area contributed by atoms with Crippen molar-refractivity contribution in [2.45, 2.75) is 18.8 Å². The Hall–Kier alpha value is -5.56. The molecule has 0 radical (unpaired) electrons. The van der Waals surface area contributed by atoms with Gasteiger partial charge in [-0.15, -0.1) is 0 Å². The fourth-order valence-corrected chi connectivity index (χ4v) is 5.74. The van der Waals surface area contributed by atoms with Gasteiger partial charge >= 0.3 is 0 Å². The Kier molecular flexibility index (Phi) is 7.93. The summed E-state index contributed by atoms with van der Waals surface area (Å²) in [6.07, 6.45) is 8.18. The fourth-order valence-electron chi connectivity index (χ4n) is 5.74. The van der Waals surface area contributed by atoms with Gasteiger partial charge < -0.3 is 15.4 Å². The van der Waals surface area contributed by atoms with E-state index in [0.717, 1.165) is 44.8 Å². The first-order valence-electron chi connectivity index (χ1n) is 13.4. The van der Waals surface area contributed by atoms with Gasteiger partial charge in [0.25, 0.3) is 11.6 Å². The summed E-state index contributed by atoms with van der Waals surface area (Å²) in [6.45, 7) is 8.40. The van der Waals surface area contributed by atoms with Crippen LogP contribution in [0.1, 0.15) is 50.0 Å². The number of amides is 1. The van der Waals surface area contributed by atoms with Crippen molar-refractivity contribution < 1.29 is 14.5 Å². The van der Waals surface area contributed by atoms with Crippen LogP contribution in [0.2, 0.25) is 0 Å². The number of benzene rings is 4. The van der Waals surface area contributed by atoms with E-state index in [4.69, 9.17) is 4.79 Å². The van der Waals surface area contributed by atoms with Gasteiger partial charge in [-0.1, -0.05) is 78.9 Å². The molecule has 1 amide bonds. The van der Waals surface area contributed by atoms with E-state index in [1.54, 1.807) is 6.07 Å². The van der Waals surface area contributed by atoms with Crippen molar-refractivity contribution in [2.75, 3.05) is 10.6 Å². The summed E-state index contributed by atoms with van der Waals surface area (Å²) in [7, 11) is 0. The number of hydrogen-bond donors (Lipinski definition) is 2. The second kappa shape index (κ2) is 11.9. The minimum absolute atomic E-state index is 0.00821. The minimum atomic E-state index is -0.403. The lowest BCUT2D eigenvalue weighted by atomic mass is 9.69. The fraction of sp³-hybridized carbons (Fsp3) is 0.0857. The predicted molar refractivity (Wildman–Crippen MR) is 167 cm³/mol. The molecule has 2 aliphatic carbocycles. The van der Waals surface area contributed by atoms with E-state index in [-0.39, 0.29) is 23.4 Å². The summed E-state index contributed by atoms with van der Waals surface area (Å²) in [4.78, 5) is 32.5. The van der Waals surface area contributed by atoms with E-state index < -0.39 is 4.92 Å². The third kappa shape index (κ3) is 5.28.